The number of amides is 1. The second kappa shape index (κ2) is 7.15. The lowest BCUT2D eigenvalue weighted by atomic mass is 10.2. The lowest BCUT2D eigenvalue weighted by Crippen LogP contribution is -2.50. The summed E-state index contributed by atoms with van der Waals surface area (Å²) in [4.78, 5) is 28.2. The summed E-state index contributed by atoms with van der Waals surface area (Å²) in [7, 11) is 0. The van der Waals surface area contributed by atoms with Crippen molar-refractivity contribution < 1.29 is 14.7 Å². The van der Waals surface area contributed by atoms with E-state index in [1.165, 1.54) is 11.8 Å². The number of thioether (sulfide) groups is 2. The molecule has 2 rings (SSSR count). The maximum absolute atomic E-state index is 12.4. The molecule has 0 aromatic carbocycles. The van der Waals surface area contributed by atoms with Crippen molar-refractivity contribution >= 4 is 58.0 Å². The number of thiocarbonyl (C=S) groups is 1. The molecular weight excluding hydrogens is 328 g/mol. The van der Waals surface area contributed by atoms with E-state index in [0.717, 1.165) is 22.4 Å². The molecule has 1 aliphatic heterocycles. The van der Waals surface area contributed by atoms with Gasteiger partial charge in [0.2, 0.25) is 0 Å². The first kappa shape index (κ1) is 16.1. The molecule has 0 radical (unpaired) electrons. The monoisotopic (exact) mass is 341 g/mol. The second-order valence-corrected chi connectivity index (χ2v) is 6.95. The first-order valence-corrected chi connectivity index (χ1v) is 8.76. The fraction of sp³-hybridized carbons (Fsp3) is 0.308. The van der Waals surface area contributed by atoms with Crippen LogP contribution in [0.3, 0.4) is 0 Å². The second-order valence-electron chi connectivity index (χ2n) is 4.29. The van der Waals surface area contributed by atoms with Gasteiger partial charge in [0.25, 0.3) is 5.91 Å². The van der Waals surface area contributed by atoms with Crippen LogP contribution in [0.2, 0.25) is 0 Å². The van der Waals surface area contributed by atoms with Crippen LogP contribution in [0.25, 0.3) is 6.08 Å². The Morgan fingerprint density at radius 2 is 2.43 bits per heavy atom. The maximum Gasteiger partial charge on any atom is 0.266 e. The Hall–Kier alpha value is -1.25. The van der Waals surface area contributed by atoms with Crippen LogP contribution in [-0.4, -0.2) is 44.1 Å². The molecule has 0 unspecified atom stereocenters. The number of carboxylic acid groups (broad SMARTS) is 1. The van der Waals surface area contributed by atoms with Gasteiger partial charge in [-0.15, -0.1) is 0 Å². The third-order valence-corrected chi connectivity index (χ3v) is 4.89. The normalized spacial score (nSPS) is 18.5. The predicted molar refractivity (Wildman–Crippen MR) is 87.6 cm³/mol. The number of carboxylic acids is 1. The van der Waals surface area contributed by atoms with Gasteiger partial charge in [0.05, 0.1) is 16.9 Å². The summed E-state index contributed by atoms with van der Waals surface area (Å²) in [6, 6.07) is 2.62. The van der Waals surface area contributed by atoms with E-state index < -0.39 is 12.0 Å². The van der Waals surface area contributed by atoms with E-state index >= 15 is 0 Å². The van der Waals surface area contributed by atoms with Crippen LogP contribution in [0.5, 0.6) is 0 Å². The van der Waals surface area contributed by atoms with E-state index in [2.05, 4.69) is 4.98 Å². The third kappa shape index (κ3) is 3.69. The molecule has 1 saturated heterocycles. The first-order valence-electron chi connectivity index (χ1n) is 6.15. The highest BCUT2D eigenvalue weighted by Crippen LogP contribution is 2.34. The minimum absolute atomic E-state index is 0.258. The van der Waals surface area contributed by atoms with Crippen LogP contribution in [0.15, 0.2) is 23.2 Å². The fourth-order valence-corrected chi connectivity index (χ4v) is 3.71. The summed E-state index contributed by atoms with van der Waals surface area (Å²) in [6.07, 6.45) is 5.60. The number of nitrogens with zero attached hydrogens (tertiary/aromatic N) is 1. The van der Waals surface area contributed by atoms with E-state index in [1.54, 1.807) is 12.3 Å². The minimum atomic E-state index is -1.28. The van der Waals surface area contributed by atoms with Crippen LogP contribution in [0, 0.1) is 0 Å². The van der Waals surface area contributed by atoms with Gasteiger partial charge in [-0.2, -0.15) is 11.8 Å². The number of hydrogen-bond donors (Lipinski definition) is 1. The average molecular weight is 341 g/mol. The molecular formula is C13H13N2O3S3-. The van der Waals surface area contributed by atoms with Crippen LogP contribution in [-0.2, 0) is 9.59 Å². The Morgan fingerprint density at radius 1 is 1.67 bits per heavy atom. The lowest BCUT2D eigenvalue weighted by Gasteiger charge is -2.27. The van der Waals surface area contributed by atoms with Gasteiger partial charge in [0.1, 0.15) is 4.32 Å². The summed E-state index contributed by atoms with van der Waals surface area (Å²) >= 11 is 7.78. The molecule has 2 heterocycles. The van der Waals surface area contributed by atoms with Gasteiger partial charge in [-0.25, -0.2) is 0 Å². The molecule has 1 aromatic rings. The van der Waals surface area contributed by atoms with Crippen molar-refractivity contribution in [3.8, 4) is 0 Å². The molecule has 112 valence electrons. The topological polar surface area (TPSA) is 76.2 Å². The van der Waals surface area contributed by atoms with Crippen LogP contribution < -0.4 is 5.11 Å². The largest absolute Gasteiger partial charge is 0.548 e. The van der Waals surface area contributed by atoms with E-state index in [4.69, 9.17) is 12.2 Å². The standard InChI is InChI=1S/C13H14N2O3S3/c1-20-6-4-9(12(17)18)15-11(16)10(21-13(15)19)7-8-3-2-5-14-8/h2-3,5,7,9,14H,4,6H2,1H3,(H,17,18)/p-1/b10-7-/t9-/m1/s1. The zero-order valence-corrected chi connectivity index (χ0v) is 13.6. The zero-order valence-electron chi connectivity index (χ0n) is 11.2. The van der Waals surface area contributed by atoms with E-state index in [0.29, 0.717) is 17.1 Å². The molecule has 21 heavy (non-hydrogen) atoms. The Balaban J connectivity index is 2.22. The number of aromatic nitrogens is 1. The van der Waals surface area contributed by atoms with Gasteiger partial charge in [-0.1, -0.05) is 24.0 Å². The molecule has 5 nitrogen and oxygen atoms in total. The molecule has 0 bridgehead atoms. The number of hydrogen-bond acceptors (Lipinski definition) is 6. The molecule has 1 aliphatic rings. The highest BCUT2D eigenvalue weighted by atomic mass is 32.2. The first-order chi connectivity index (χ1) is 10.0. The van der Waals surface area contributed by atoms with Crippen molar-refractivity contribution in [2.45, 2.75) is 12.5 Å². The Labute approximate surface area is 136 Å². The van der Waals surface area contributed by atoms with Gasteiger partial charge in [-0.3, -0.25) is 9.69 Å². The molecule has 0 saturated carbocycles. The molecule has 1 N–H and O–H groups in total. The number of aromatic amines is 1. The minimum Gasteiger partial charge on any atom is -0.548 e. The summed E-state index contributed by atoms with van der Waals surface area (Å²) in [5.41, 5.74) is 0.768. The number of rotatable bonds is 6. The van der Waals surface area contributed by atoms with Crippen molar-refractivity contribution in [1.29, 1.82) is 0 Å². The summed E-state index contributed by atoms with van der Waals surface area (Å²) < 4.78 is 0.258. The molecule has 1 atom stereocenters. The van der Waals surface area contributed by atoms with E-state index in [9.17, 15) is 14.7 Å². The Morgan fingerprint density at radius 3 is 3.00 bits per heavy atom. The van der Waals surface area contributed by atoms with E-state index in [1.807, 2.05) is 18.4 Å². The highest BCUT2D eigenvalue weighted by molar-refractivity contribution is 8.26. The summed E-state index contributed by atoms with van der Waals surface area (Å²) in [6.45, 7) is 0. The molecule has 0 aliphatic carbocycles. The third-order valence-electron chi connectivity index (χ3n) is 2.91. The van der Waals surface area contributed by atoms with Crippen molar-refractivity contribution in [1.82, 2.24) is 9.88 Å². The van der Waals surface area contributed by atoms with Crippen molar-refractivity contribution in [2.75, 3.05) is 12.0 Å². The van der Waals surface area contributed by atoms with Gasteiger partial charge >= 0.3 is 0 Å². The Bertz CT molecular complexity index is 583. The quantitative estimate of drug-likeness (QED) is 0.616. The van der Waals surface area contributed by atoms with Crippen molar-refractivity contribution in [3.63, 3.8) is 0 Å². The number of H-pyrrole nitrogens is 1. The fourth-order valence-electron chi connectivity index (χ4n) is 1.91. The number of nitrogens with one attached hydrogen (secondary N) is 1. The highest BCUT2D eigenvalue weighted by Gasteiger charge is 2.37. The van der Waals surface area contributed by atoms with Crippen molar-refractivity contribution in [2.24, 2.45) is 0 Å². The molecule has 1 fully saturated rings. The van der Waals surface area contributed by atoms with Gasteiger partial charge < -0.3 is 14.9 Å². The molecule has 8 heteroatoms. The predicted octanol–water partition coefficient (Wildman–Crippen LogP) is 1.09. The number of carbonyl (C=O) groups excluding carboxylic acids is 2. The summed E-state index contributed by atoms with van der Waals surface area (Å²) in [5.74, 6) is -1.04. The lowest BCUT2D eigenvalue weighted by molar-refractivity contribution is -0.310. The smallest absolute Gasteiger partial charge is 0.266 e. The summed E-state index contributed by atoms with van der Waals surface area (Å²) in [5, 5.41) is 11.3. The number of carbonyl (C=O) groups is 2. The van der Waals surface area contributed by atoms with Gasteiger partial charge in [0.15, 0.2) is 0 Å². The maximum atomic E-state index is 12.4. The van der Waals surface area contributed by atoms with Gasteiger partial charge in [-0.05, 0) is 36.6 Å². The SMILES string of the molecule is CSCC[C@H](C(=O)[O-])N1C(=O)/C(=C/c2ccc[nH]2)SC1=S. The average Bonchev–Trinajstić information content (AvgIpc) is 3.02. The molecule has 1 amide bonds. The number of aliphatic carboxylic acids is 1. The zero-order chi connectivity index (χ0) is 15.4. The van der Waals surface area contributed by atoms with Crippen LogP contribution >= 0.6 is 35.7 Å². The van der Waals surface area contributed by atoms with Crippen LogP contribution in [0.4, 0.5) is 0 Å². The van der Waals surface area contributed by atoms with Gasteiger partial charge in [0, 0.05) is 11.9 Å². The van der Waals surface area contributed by atoms with Crippen LogP contribution in [0.1, 0.15) is 12.1 Å². The Kier molecular flexibility index (Phi) is 5.49. The molecule has 1 aromatic heterocycles. The van der Waals surface area contributed by atoms with E-state index in [-0.39, 0.29) is 10.2 Å². The van der Waals surface area contributed by atoms with Crippen molar-refractivity contribution in [3.05, 3.63) is 28.9 Å². The molecule has 0 spiro atoms.